The Labute approximate surface area is 122 Å². The molecule has 0 heterocycles. The number of hydrogen-bond donors (Lipinski definition) is 2. The molecule has 0 saturated heterocycles. The van der Waals surface area contributed by atoms with Crippen molar-refractivity contribution >= 4 is 6.03 Å². The molecule has 0 spiro atoms. The van der Waals surface area contributed by atoms with Gasteiger partial charge < -0.3 is 10.6 Å². The average molecular weight is 290 g/mol. The van der Waals surface area contributed by atoms with E-state index < -0.39 is 0 Å². The second-order valence-corrected chi connectivity index (χ2v) is 4.58. The molecule has 5 heteroatoms. The van der Waals surface area contributed by atoms with Crippen molar-refractivity contribution in [3.8, 4) is 0 Å². The summed E-state index contributed by atoms with van der Waals surface area (Å²) in [7, 11) is 0. The van der Waals surface area contributed by atoms with Crippen LogP contribution in [0.5, 0.6) is 0 Å². The highest BCUT2D eigenvalue weighted by atomic mass is 19.1. The summed E-state index contributed by atoms with van der Waals surface area (Å²) in [6.45, 7) is 0.569. The van der Waals surface area contributed by atoms with Crippen molar-refractivity contribution in [2.24, 2.45) is 0 Å². The third kappa shape index (κ3) is 4.87. The molecule has 0 radical (unpaired) electrons. The Morgan fingerprint density at radius 2 is 1.81 bits per heavy atom. The zero-order chi connectivity index (χ0) is 15.1. The van der Waals surface area contributed by atoms with Crippen LogP contribution in [-0.4, -0.2) is 12.6 Å². The minimum Gasteiger partial charge on any atom is -0.338 e. The summed E-state index contributed by atoms with van der Waals surface area (Å²) >= 11 is 0. The van der Waals surface area contributed by atoms with Crippen LogP contribution < -0.4 is 10.6 Å². The zero-order valence-corrected chi connectivity index (χ0v) is 11.4. The van der Waals surface area contributed by atoms with Crippen LogP contribution in [-0.2, 0) is 13.0 Å². The van der Waals surface area contributed by atoms with Crippen molar-refractivity contribution in [2.75, 3.05) is 6.54 Å². The van der Waals surface area contributed by atoms with E-state index in [1.54, 1.807) is 30.3 Å². The molecule has 0 aliphatic heterocycles. The third-order valence-electron chi connectivity index (χ3n) is 2.98. The van der Waals surface area contributed by atoms with Gasteiger partial charge in [-0.05, 0) is 35.7 Å². The van der Waals surface area contributed by atoms with Gasteiger partial charge in [0, 0.05) is 13.1 Å². The molecule has 0 aromatic heterocycles. The highest BCUT2D eigenvalue weighted by molar-refractivity contribution is 5.73. The standard InChI is InChI=1S/C16H16F2N2O/c17-14-6-3-4-12(10-14)11-20-16(21)19-9-8-13-5-1-2-7-15(13)18/h1-7,10H,8-9,11H2,(H2,19,20,21). The van der Waals surface area contributed by atoms with Crippen molar-refractivity contribution in [2.45, 2.75) is 13.0 Å². The topological polar surface area (TPSA) is 41.1 Å². The van der Waals surface area contributed by atoms with Crippen LogP contribution in [0.2, 0.25) is 0 Å². The molecular formula is C16H16F2N2O. The van der Waals surface area contributed by atoms with Crippen LogP contribution >= 0.6 is 0 Å². The normalized spacial score (nSPS) is 10.2. The molecule has 0 fully saturated rings. The largest absolute Gasteiger partial charge is 0.338 e. The summed E-state index contributed by atoms with van der Waals surface area (Å²) in [4.78, 5) is 11.6. The summed E-state index contributed by atoms with van der Waals surface area (Å²) < 4.78 is 26.3. The van der Waals surface area contributed by atoms with E-state index in [2.05, 4.69) is 10.6 Å². The number of carbonyl (C=O) groups excluding carboxylic acids is 1. The number of hydrogen-bond acceptors (Lipinski definition) is 1. The molecule has 110 valence electrons. The lowest BCUT2D eigenvalue weighted by Crippen LogP contribution is -2.36. The van der Waals surface area contributed by atoms with Gasteiger partial charge >= 0.3 is 6.03 Å². The predicted molar refractivity (Wildman–Crippen MR) is 76.7 cm³/mol. The fourth-order valence-electron chi connectivity index (χ4n) is 1.90. The van der Waals surface area contributed by atoms with Crippen LogP contribution in [0.25, 0.3) is 0 Å². The lowest BCUT2D eigenvalue weighted by molar-refractivity contribution is 0.240. The minimum absolute atomic E-state index is 0.239. The molecular weight excluding hydrogens is 274 g/mol. The number of carbonyl (C=O) groups is 1. The van der Waals surface area contributed by atoms with E-state index >= 15 is 0 Å². The average Bonchev–Trinajstić information content (AvgIpc) is 2.47. The first-order valence-electron chi connectivity index (χ1n) is 6.65. The molecule has 21 heavy (non-hydrogen) atoms. The quantitative estimate of drug-likeness (QED) is 0.873. The van der Waals surface area contributed by atoms with Crippen LogP contribution in [0.4, 0.5) is 13.6 Å². The van der Waals surface area contributed by atoms with E-state index in [9.17, 15) is 13.6 Å². The highest BCUT2D eigenvalue weighted by Crippen LogP contribution is 2.06. The van der Waals surface area contributed by atoms with E-state index in [4.69, 9.17) is 0 Å². The molecule has 3 nitrogen and oxygen atoms in total. The van der Waals surface area contributed by atoms with Gasteiger partial charge in [0.25, 0.3) is 0 Å². The predicted octanol–water partition coefficient (Wildman–Crippen LogP) is 3.01. The SMILES string of the molecule is O=C(NCCc1ccccc1F)NCc1cccc(F)c1. The minimum atomic E-state index is -0.365. The maximum Gasteiger partial charge on any atom is 0.315 e. The van der Waals surface area contributed by atoms with Crippen molar-refractivity contribution in [1.82, 2.24) is 10.6 Å². The Kier molecular flexibility index (Phi) is 5.26. The summed E-state index contributed by atoms with van der Waals surface area (Å²) in [5, 5.41) is 5.25. The number of amides is 2. The molecule has 2 aromatic carbocycles. The summed E-state index contributed by atoms with van der Waals surface area (Å²) in [5.41, 5.74) is 1.24. The molecule has 0 atom stereocenters. The molecule has 0 bridgehead atoms. The first-order valence-corrected chi connectivity index (χ1v) is 6.65. The summed E-state index contributed by atoms with van der Waals surface area (Å²) in [6.07, 6.45) is 0.417. The molecule has 2 amide bonds. The monoisotopic (exact) mass is 290 g/mol. The van der Waals surface area contributed by atoms with Gasteiger partial charge in [-0.3, -0.25) is 0 Å². The first kappa shape index (κ1) is 15.0. The Morgan fingerprint density at radius 3 is 2.57 bits per heavy atom. The van der Waals surface area contributed by atoms with Crippen molar-refractivity contribution < 1.29 is 13.6 Å². The third-order valence-corrected chi connectivity index (χ3v) is 2.98. The van der Waals surface area contributed by atoms with E-state index in [0.717, 1.165) is 0 Å². The molecule has 2 rings (SSSR count). The van der Waals surface area contributed by atoms with Crippen LogP contribution in [0.3, 0.4) is 0 Å². The fourth-order valence-corrected chi connectivity index (χ4v) is 1.90. The van der Waals surface area contributed by atoms with E-state index in [0.29, 0.717) is 24.1 Å². The second kappa shape index (κ2) is 7.38. The van der Waals surface area contributed by atoms with Gasteiger partial charge in [0.05, 0.1) is 0 Å². The molecule has 0 unspecified atom stereocenters. The van der Waals surface area contributed by atoms with Gasteiger partial charge in [-0.2, -0.15) is 0 Å². The van der Waals surface area contributed by atoms with Gasteiger partial charge in [-0.1, -0.05) is 30.3 Å². The van der Waals surface area contributed by atoms with Crippen molar-refractivity contribution in [1.29, 1.82) is 0 Å². The van der Waals surface area contributed by atoms with Gasteiger partial charge in [-0.15, -0.1) is 0 Å². The Balaban J connectivity index is 1.72. The molecule has 0 saturated carbocycles. The zero-order valence-electron chi connectivity index (χ0n) is 11.4. The molecule has 0 aliphatic carbocycles. The molecule has 2 N–H and O–H groups in total. The second-order valence-electron chi connectivity index (χ2n) is 4.58. The number of rotatable bonds is 5. The lowest BCUT2D eigenvalue weighted by Gasteiger charge is -2.08. The smallest absolute Gasteiger partial charge is 0.315 e. The number of nitrogens with one attached hydrogen (secondary N) is 2. The maximum absolute atomic E-state index is 13.4. The van der Waals surface area contributed by atoms with Gasteiger partial charge in [0.2, 0.25) is 0 Å². The Bertz CT molecular complexity index is 617. The van der Waals surface area contributed by atoms with E-state index in [1.807, 2.05) is 0 Å². The first-order chi connectivity index (χ1) is 10.1. The number of benzene rings is 2. The van der Waals surface area contributed by atoms with Crippen LogP contribution in [0, 0.1) is 11.6 Å². The maximum atomic E-state index is 13.4. The summed E-state index contributed by atoms with van der Waals surface area (Å²) in [6, 6.07) is 12.1. The van der Waals surface area contributed by atoms with Crippen LogP contribution in [0.1, 0.15) is 11.1 Å². The Morgan fingerprint density at radius 1 is 1.00 bits per heavy atom. The van der Waals surface area contributed by atoms with Gasteiger partial charge in [0.15, 0.2) is 0 Å². The number of urea groups is 1. The fraction of sp³-hybridized carbons (Fsp3) is 0.188. The van der Waals surface area contributed by atoms with Gasteiger partial charge in [-0.25, -0.2) is 13.6 Å². The number of halogens is 2. The summed E-state index contributed by atoms with van der Waals surface area (Å²) in [5.74, 6) is -0.617. The van der Waals surface area contributed by atoms with E-state index in [-0.39, 0.29) is 24.2 Å². The van der Waals surface area contributed by atoms with Crippen molar-refractivity contribution in [3.05, 3.63) is 71.3 Å². The van der Waals surface area contributed by atoms with Gasteiger partial charge in [0.1, 0.15) is 11.6 Å². The molecule has 0 aliphatic rings. The lowest BCUT2D eigenvalue weighted by atomic mass is 10.1. The van der Waals surface area contributed by atoms with Crippen LogP contribution in [0.15, 0.2) is 48.5 Å². The highest BCUT2D eigenvalue weighted by Gasteiger charge is 2.03. The Hall–Kier alpha value is -2.43. The molecule has 2 aromatic rings. The van der Waals surface area contributed by atoms with Crippen molar-refractivity contribution in [3.63, 3.8) is 0 Å². The van der Waals surface area contributed by atoms with E-state index in [1.165, 1.54) is 18.2 Å².